The summed E-state index contributed by atoms with van der Waals surface area (Å²) in [6, 6.07) is 0. The summed E-state index contributed by atoms with van der Waals surface area (Å²) in [6.07, 6.45) is 9.04. The van der Waals surface area contributed by atoms with E-state index in [4.69, 9.17) is 4.74 Å². The van der Waals surface area contributed by atoms with Crippen LogP contribution in [0.3, 0.4) is 0 Å². The molecule has 0 spiro atoms. The predicted octanol–water partition coefficient (Wildman–Crippen LogP) is 10.9. The van der Waals surface area contributed by atoms with Crippen LogP contribution in [0, 0.1) is 59.2 Å². The lowest BCUT2D eigenvalue weighted by Crippen LogP contribution is -2.39. The van der Waals surface area contributed by atoms with Gasteiger partial charge in [0, 0.05) is 5.92 Å². The summed E-state index contributed by atoms with van der Waals surface area (Å²) in [5.41, 5.74) is -0.824. The van der Waals surface area contributed by atoms with Gasteiger partial charge in [0.05, 0.1) is 13.2 Å². The highest BCUT2D eigenvalue weighted by Gasteiger charge is 2.41. The van der Waals surface area contributed by atoms with Crippen LogP contribution in [-0.4, -0.2) is 18.9 Å². The quantitative estimate of drug-likeness (QED) is 0.366. The molecule has 0 N–H and O–H groups in total. The summed E-state index contributed by atoms with van der Waals surface area (Å²) in [7, 11) is 0. The maximum Gasteiger partial charge on any atom is 0.108 e. The summed E-state index contributed by atoms with van der Waals surface area (Å²) in [4.78, 5) is 0. The highest BCUT2D eigenvalue weighted by Crippen LogP contribution is 2.44. The fraction of sp³-hybridized carbons (Fsp3) is 1.00. The molecule has 212 valence electrons. The molecule has 0 atom stereocenters. The second-order valence-corrected chi connectivity index (χ2v) is 14.4. The Bertz CT molecular complexity index is 453. The van der Waals surface area contributed by atoms with Crippen molar-refractivity contribution >= 4 is 0 Å². The van der Waals surface area contributed by atoms with Gasteiger partial charge in [-0.25, -0.2) is 4.39 Å². The van der Waals surface area contributed by atoms with E-state index in [0.29, 0.717) is 11.8 Å². The monoisotopic (exact) mass is 499 g/mol. The third-order valence-corrected chi connectivity index (χ3v) is 8.92. The lowest BCUT2D eigenvalue weighted by Gasteiger charge is -2.41. The molecule has 1 heterocycles. The first-order valence-corrected chi connectivity index (χ1v) is 15.3. The number of hydrogen-bond donors (Lipinski definition) is 0. The topological polar surface area (TPSA) is 9.23 Å². The van der Waals surface area contributed by atoms with E-state index in [1.165, 1.54) is 32.1 Å². The van der Waals surface area contributed by atoms with Crippen LogP contribution in [0.25, 0.3) is 0 Å². The second kappa shape index (κ2) is 17.4. The van der Waals surface area contributed by atoms with Crippen molar-refractivity contribution in [2.45, 2.75) is 141 Å². The minimum Gasteiger partial charge on any atom is -0.381 e. The minimum atomic E-state index is -0.824. The molecule has 35 heavy (non-hydrogen) atoms. The maximum absolute atomic E-state index is 12.8. The van der Waals surface area contributed by atoms with Gasteiger partial charge < -0.3 is 4.74 Å². The standard InChI is InChI=1S/C8H15F.C7H14.C6H12O.C6H12.C6H14/c1-6(2)7-4-8(3,9)5-7;1-6(2)7-4-3-5-7;1-5(2)6-3-7-4-6;1-5(2)6-3-4-6;1-5(2)6(3)4/h6-7H,4-5H2,1-3H3;6-7H,3-5H2,1-2H3;5-6H,3-4H2,1-2H3;5-6H,3-4H2,1-2H3;5-6H,1-4H3. The molecule has 0 aromatic carbocycles. The van der Waals surface area contributed by atoms with E-state index in [2.05, 4.69) is 83.1 Å². The van der Waals surface area contributed by atoms with Crippen LogP contribution in [0.15, 0.2) is 0 Å². The van der Waals surface area contributed by atoms with Crippen LogP contribution in [-0.2, 0) is 4.74 Å². The molecule has 1 aliphatic heterocycles. The van der Waals surface area contributed by atoms with E-state index in [0.717, 1.165) is 73.4 Å². The lowest BCUT2D eigenvalue weighted by atomic mass is 9.68. The Kier molecular flexibility index (Phi) is 17.4. The van der Waals surface area contributed by atoms with Gasteiger partial charge in [0.2, 0.25) is 0 Å². The molecule has 0 radical (unpaired) electrons. The maximum atomic E-state index is 12.8. The predicted molar refractivity (Wildman–Crippen MR) is 156 cm³/mol. The zero-order valence-corrected chi connectivity index (χ0v) is 26.4. The van der Waals surface area contributed by atoms with Gasteiger partial charge in [0.25, 0.3) is 0 Å². The third-order valence-electron chi connectivity index (χ3n) is 8.92. The van der Waals surface area contributed by atoms with Crippen molar-refractivity contribution in [3.05, 3.63) is 0 Å². The number of alkyl halides is 1. The van der Waals surface area contributed by atoms with E-state index < -0.39 is 5.67 Å². The molecular formula is C33H67FO. The summed E-state index contributed by atoms with van der Waals surface area (Å²) in [6.45, 7) is 30.7. The van der Waals surface area contributed by atoms with Gasteiger partial charge in [-0.2, -0.15) is 0 Å². The van der Waals surface area contributed by atoms with E-state index in [9.17, 15) is 4.39 Å². The molecule has 4 rings (SSSR count). The summed E-state index contributed by atoms with van der Waals surface area (Å²) >= 11 is 0. The highest BCUT2D eigenvalue weighted by molar-refractivity contribution is 4.91. The molecule has 2 heteroatoms. The number of hydrogen-bond acceptors (Lipinski definition) is 1. The van der Waals surface area contributed by atoms with E-state index in [1.807, 2.05) is 0 Å². The Hall–Kier alpha value is -0.110. The first-order valence-electron chi connectivity index (χ1n) is 15.3. The van der Waals surface area contributed by atoms with E-state index >= 15 is 0 Å². The SMILES string of the molecule is CC(C)C(C)C.CC(C)C1CC(C)(F)C1.CC(C)C1CC1.CC(C)C1CCC1.CC(C)C1COC1. The molecule has 0 aromatic heterocycles. The number of ether oxygens (including phenoxy) is 1. The molecule has 3 saturated carbocycles. The van der Waals surface area contributed by atoms with Crippen LogP contribution in [0.2, 0.25) is 0 Å². The summed E-state index contributed by atoms with van der Waals surface area (Å²) in [5.74, 6) is 8.82. The van der Waals surface area contributed by atoms with Crippen molar-refractivity contribution < 1.29 is 9.13 Å². The summed E-state index contributed by atoms with van der Waals surface area (Å²) < 4.78 is 17.8. The van der Waals surface area contributed by atoms with Crippen molar-refractivity contribution in [1.82, 2.24) is 0 Å². The Labute approximate surface area is 222 Å². The van der Waals surface area contributed by atoms with Crippen molar-refractivity contribution in [2.24, 2.45) is 59.2 Å². The average Bonchev–Trinajstić information content (AvgIpc) is 3.42. The van der Waals surface area contributed by atoms with Gasteiger partial charge in [-0.1, -0.05) is 102 Å². The Balaban J connectivity index is 0.000000417. The molecule has 1 saturated heterocycles. The lowest BCUT2D eigenvalue weighted by molar-refractivity contribution is -0.0534. The first-order chi connectivity index (χ1) is 16.1. The smallest absolute Gasteiger partial charge is 0.108 e. The third kappa shape index (κ3) is 17.1. The normalized spacial score (nSPS) is 25.9. The Morgan fingerprint density at radius 1 is 0.543 bits per heavy atom. The van der Waals surface area contributed by atoms with Gasteiger partial charge in [-0.3, -0.25) is 0 Å². The highest BCUT2D eigenvalue weighted by atomic mass is 19.1. The van der Waals surface area contributed by atoms with Crippen LogP contribution in [0.4, 0.5) is 4.39 Å². The van der Waals surface area contributed by atoms with Gasteiger partial charge >= 0.3 is 0 Å². The molecule has 0 unspecified atom stereocenters. The van der Waals surface area contributed by atoms with Gasteiger partial charge in [0.1, 0.15) is 5.67 Å². The van der Waals surface area contributed by atoms with Crippen molar-refractivity contribution in [3.8, 4) is 0 Å². The largest absolute Gasteiger partial charge is 0.381 e. The number of halogens is 1. The average molecular weight is 499 g/mol. The molecular weight excluding hydrogens is 431 g/mol. The zero-order valence-electron chi connectivity index (χ0n) is 26.4. The molecule has 1 nitrogen and oxygen atoms in total. The fourth-order valence-electron chi connectivity index (χ4n) is 4.01. The Morgan fingerprint density at radius 3 is 0.914 bits per heavy atom. The van der Waals surface area contributed by atoms with Gasteiger partial charge in [0.15, 0.2) is 0 Å². The van der Waals surface area contributed by atoms with E-state index in [-0.39, 0.29) is 0 Å². The van der Waals surface area contributed by atoms with Crippen LogP contribution in [0.5, 0.6) is 0 Å². The molecule has 0 bridgehead atoms. The minimum absolute atomic E-state index is 0.653. The number of rotatable bonds is 5. The van der Waals surface area contributed by atoms with E-state index in [1.54, 1.807) is 6.92 Å². The van der Waals surface area contributed by atoms with Gasteiger partial charge in [-0.15, -0.1) is 0 Å². The van der Waals surface area contributed by atoms with Crippen molar-refractivity contribution in [3.63, 3.8) is 0 Å². The Morgan fingerprint density at radius 2 is 0.886 bits per heavy atom. The summed E-state index contributed by atoms with van der Waals surface area (Å²) in [5, 5.41) is 0. The van der Waals surface area contributed by atoms with Crippen LogP contribution in [0.1, 0.15) is 135 Å². The molecule has 4 aliphatic rings. The van der Waals surface area contributed by atoms with Crippen LogP contribution >= 0.6 is 0 Å². The van der Waals surface area contributed by atoms with Crippen molar-refractivity contribution in [1.29, 1.82) is 0 Å². The molecule has 4 fully saturated rings. The second-order valence-electron chi connectivity index (χ2n) is 14.4. The zero-order chi connectivity index (χ0) is 27.3. The van der Waals surface area contributed by atoms with Crippen molar-refractivity contribution in [2.75, 3.05) is 13.2 Å². The van der Waals surface area contributed by atoms with Gasteiger partial charge in [-0.05, 0) is 85.9 Å². The molecule has 0 aromatic rings. The first kappa shape index (κ1) is 34.9. The molecule has 0 amide bonds. The fourth-order valence-corrected chi connectivity index (χ4v) is 4.01. The molecule has 3 aliphatic carbocycles. The van der Waals surface area contributed by atoms with Crippen LogP contribution < -0.4 is 0 Å².